The normalized spacial score (nSPS) is 33.0. The summed E-state index contributed by atoms with van der Waals surface area (Å²) in [6.45, 7) is 8.65. The number of methoxy groups -OCH3 is 1. The highest BCUT2D eigenvalue weighted by Gasteiger charge is 2.62. The topological polar surface area (TPSA) is 114 Å². The van der Waals surface area contributed by atoms with Crippen molar-refractivity contribution in [1.29, 1.82) is 0 Å². The van der Waals surface area contributed by atoms with Crippen molar-refractivity contribution in [2.45, 2.75) is 82.9 Å². The molecule has 1 aromatic carbocycles. The summed E-state index contributed by atoms with van der Waals surface area (Å²) in [7, 11) is 1.52. The van der Waals surface area contributed by atoms with Gasteiger partial charge in [-0.25, -0.2) is 0 Å². The van der Waals surface area contributed by atoms with Crippen LogP contribution in [0.25, 0.3) is 0 Å². The number of amides is 2. The van der Waals surface area contributed by atoms with Crippen LogP contribution in [0.4, 0.5) is 5.69 Å². The van der Waals surface area contributed by atoms with Crippen LogP contribution in [0.15, 0.2) is 24.3 Å². The number of ether oxygens (including phenoxy) is 6. The molecular weight excluding hydrogens is 420 g/mol. The van der Waals surface area contributed by atoms with Gasteiger partial charge in [0.05, 0.1) is 12.8 Å². The summed E-state index contributed by atoms with van der Waals surface area (Å²) in [5, 5.41) is 5.46. The summed E-state index contributed by atoms with van der Waals surface area (Å²) in [6.07, 6.45) is -3.64. The number of hydrogen-bond donors (Lipinski definition) is 2. The van der Waals surface area contributed by atoms with Crippen molar-refractivity contribution >= 4 is 17.5 Å². The van der Waals surface area contributed by atoms with Crippen LogP contribution >= 0.6 is 0 Å². The lowest BCUT2D eigenvalue weighted by Crippen LogP contribution is -2.60. The maximum atomic E-state index is 13.1. The molecule has 0 unspecified atom stereocenters. The molecule has 0 aromatic heterocycles. The number of fused-ring (bicyclic) bond motifs is 3. The van der Waals surface area contributed by atoms with Crippen LogP contribution < -0.4 is 15.4 Å². The Morgan fingerprint density at radius 2 is 1.59 bits per heavy atom. The lowest BCUT2D eigenvalue weighted by atomic mass is 9.98. The second-order valence-corrected chi connectivity index (χ2v) is 9.01. The third-order valence-corrected chi connectivity index (χ3v) is 5.53. The van der Waals surface area contributed by atoms with E-state index in [4.69, 9.17) is 28.4 Å². The summed E-state index contributed by atoms with van der Waals surface area (Å²) < 4.78 is 34.9. The van der Waals surface area contributed by atoms with Crippen LogP contribution in [-0.2, 0) is 33.3 Å². The van der Waals surface area contributed by atoms with Crippen molar-refractivity contribution in [2.24, 2.45) is 0 Å². The highest BCUT2D eigenvalue weighted by atomic mass is 16.9. The predicted octanol–water partition coefficient (Wildman–Crippen LogP) is 1.53. The van der Waals surface area contributed by atoms with Crippen molar-refractivity contribution in [1.82, 2.24) is 5.32 Å². The minimum atomic E-state index is -1.04. The van der Waals surface area contributed by atoms with E-state index in [0.717, 1.165) is 0 Å². The molecule has 10 nitrogen and oxygen atoms in total. The number of para-hydroxylation sites is 2. The predicted molar refractivity (Wildman–Crippen MR) is 112 cm³/mol. The number of rotatable bonds is 5. The largest absolute Gasteiger partial charge is 0.495 e. The lowest BCUT2D eigenvalue weighted by Gasteiger charge is -2.36. The molecule has 0 radical (unpaired) electrons. The van der Waals surface area contributed by atoms with Gasteiger partial charge < -0.3 is 39.1 Å². The zero-order valence-electron chi connectivity index (χ0n) is 19.0. The molecular formula is C22H30N2O8. The summed E-state index contributed by atoms with van der Waals surface area (Å²) in [5.41, 5.74) is 0.505. The maximum absolute atomic E-state index is 13.1. The molecule has 3 heterocycles. The first-order chi connectivity index (χ1) is 15.0. The van der Waals surface area contributed by atoms with Crippen LogP contribution in [0.3, 0.4) is 0 Å². The minimum Gasteiger partial charge on any atom is -0.495 e. The van der Waals surface area contributed by atoms with E-state index in [1.54, 1.807) is 58.9 Å². The third-order valence-electron chi connectivity index (χ3n) is 5.53. The van der Waals surface area contributed by atoms with Gasteiger partial charge in [0.2, 0.25) is 5.91 Å². The molecule has 32 heavy (non-hydrogen) atoms. The van der Waals surface area contributed by atoms with E-state index in [1.165, 1.54) is 7.11 Å². The van der Waals surface area contributed by atoms with E-state index < -0.39 is 60.1 Å². The zero-order valence-corrected chi connectivity index (χ0v) is 19.0. The van der Waals surface area contributed by atoms with Gasteiger partial charge in [0.25, 0.3) is 5.91 Å². The molecule has 0 bridgehead atoms. The van der Waals surface area contributed by atoms with Gasteiger partial charge in [-0.15, -0.1) is 0 Å². The molecule has 3 aliphatic heterocycles. The van der Waals surface area contributed by atoms with Crippen molar-refractivity contribution in [3.05, 3.63) is 24.3 Å². The highest BCUT2D eigenvalue weighted by molar-refractivity contribution is 5.98. The average molecular weight is 450 g/mol. The van der Waals surface area contributed by atoms with E-state index in [1.807, 2.05) is 0 Å². The first kappa shape index (κ1) is 22.9. The Kier molecular flexibility index (Phi) is 5.93. The molecule has 176 valence electrons. The fraction of sp³-hybridized carbons (Fsp3) is 0.636. The van der Waals surface area contributed by atoms with Gasteiger partial charge in [-0.2, -0.15) is 0 Å². The van der Waals surface area contributed by atoms with Gasteiger partial charge in [-0.05, 0) is 46.8 Å². The summed E-state index contributed by atoms with van der Waals surface area (Å²) in [5.74, 6) is -2.20. The monoisotopic (exact) mass is 450 g/mol. The van der Waals surface area contributed by atoms with Crippen molar-refractivity contribution < 1.29 is 38.0 Å². The first-order valence-corrected chi connectivity index (χ1v) is 10.6. The first-order valence-electron chi connectivity index (χ1n) is 10.6. The second kappa shape index (κ2) is 8.27. The Bertz CT molecular complexity index is 888. The second-order valence-electron chi connectivity index (χ2n) is 9.01. The van der Waals surface area contributed by atoms with E-state index >= 15 is 0 Å². The fourth-order valence-electron chi connectivity index (χ4n) is 4.17. The molecule has 3 aliphatic rings. The molecule has 10 heteroatoms. The smallest absolute Gasteiger partial charge is 0.252 e. The highest BCUT2D eigenvalue weighted by Crippen LogP contribution is 2.44. The third kappa shape index (κ3) is 4.46. The van der Waals surface area contributed by atoms with Crippen LogP contribution in [0.1, 0.15) is 34.6 Å². The molecule has 6 atom stereocenters. The van der Waals surface area contributed by atoms with Crippen LogP contribution in [0.2, 0.25) is 0 Å². The summed E-state index contributed by atoms with van der Waals surface area (Å²) in [6, 6.07) is 6.17. The molecule has 0 aliphatic carbocycles. The fourth-order valence-corrected chi connectivity index (χ4v) is 4.17. The molecule has 0 saturated carbocycles. The summed E-state index contributed by atoms with van der Waals surface area (Å²) >= 11 is 0. The van der Waals surface area contributed by atoms with E-state index in [2.05, 4.69) is 10.6 Å². The van der Waals surface area contributed by atoms with Gasteiger partial charge in [-0.3, -0.25) is 9.59 Å². The van der Waals surface area contributed by atoms with Crippen LogP contribution in [0.5, 0.6) is 5.75 Å². The average Bonchev–Trinajstić information content (AvgIpc) is 3.21. The van der Waals surface area contributed by atoms with Gasteiger partial charge >= 0.3 is 0 Å². The van der Waals surface area contributed by atoms with E-state index in [0.29, 0.717) is 11.4 Å². The molecule has 1 aromatic rings. The Morgan fingerprint density at radius 1 is 0.969 bits per heavy atom. The van der Waals surface area contributed by atoms with Crippen molar-refractivity contribution in [3.63, 3.8) is 0 Å². The molecule has 0 spiro atoms. The minimum absolute atomic E-state index is 0.404. The quantitative estimate of drug-likeness (QED) is 0.695. The van der Waals surface area contributed by atoms with E-state index in [-0.39, 0.29) is 0 Å². The summed E-state index contributed by atoms with van der Waals surface area (Å²) in [4.78, 5) is 25.8. The maximum Gasteiger partial charge on any atom is 0.252 e. The number of anilines is 1. The number of benzene rings is 1. The Morgan fingerprint density at radius 3 is 2.31 bits per heavy atom. The Hall–Kier alpha value is -2.24. The van der Waals surface area contributed by atoms with E-state index in [9.17, 15) is 9.59 Å². The van der Waals surface area contributed by atoms with Gasteiger partial charge in [0, 0.05) is 0 Å². The zero-order chi connectivity index (χ0) is 23.3. The lowest BCUT2D eigenvalue weighted by molar-refractivity contribution is -0.231. The standard InChI is InChI=1S/C22H30N2O8/c1-11(18(25)24-12-9-7-8-10-13(12)27-6)23-19(26)16-14-15(30-21(2,3)29-14)17-20(28-16)32-22(4,5)31-17/h7-11,14-17,20H,1-6H3,(H,23,26)(H,24,25)/t11-,14-,15+,16+,17-,20-/m1/s1. The van der Waals surface area contributed by atoms with Crippen molar-refractivity contribution in [2.75, 3.05) is 12.4 Å². The van der Waals surface area contributed by atoms with Gasteiger partial charge in [0.15, 0.2) is 24.0 Å². The Labute approximate surface area is 186 Å². The number of carbonyl (C=O) groups is 2. The molecule has 3 fully saturated rings. The molecule has 2 amide bonds. The van der Waals surface area contributed by atoms with Crippen molar-refractivity contribution in [3.8, 4) is 5.75 Å². The van der Waals surface area contributed by atoms with Crippen LogP contribution in [-0.4, -0.2) is 67.2 Å². The number of nitrogens with one attached hydrogen (secondary N) is 2. The Balaban J connectivity index is 1.45. The SMILES string of the molecule is COc1ccccc1NC(=O)[C@@H](C)NC(=O)[C@H]1O[C@@H]2OC(C)(C)O[C@@H]2[C@H]2OC(C)(C)O[C@H]21. The molecule has 3 saturated heterocycles. The molecule has 2 N–H and O–H groups in total. The number of carbonyl (C=O) groups excluding carboxylic acids is 2. The number of hydrogen-bond acceptors (Lipinski definition) is 8. The van der Waals surface area contributed by atoms with Crippen LogP contribution in [0, 0.1) is 0 Å². The van der Waals surface area contributed by atoms with Gasteiger partial charge in [-0.1, -0.05) is 12.1 Å². The molecule has 4 rings (SSSR count). The van der Waals surface area contributed by atoms with Gasteiger partial charge in [0.1, 0.15) is 30.1 Å².